The predicted octanol–water partition coefficient (Wildman–Crippen LogP) is 2.66. The van der Waals surface area contributed by atoms with Crippen molar-refractivity contribution >= 4 is 27.2 Å². The number of piperidine rings is 1. The monoisotopic (exact) mass is 385 g/mol. The smallest absolute Gasteiger partial charge is 0.296 e. The molecule has 0 radical (unpaired) electrons. The van der Waals surface area contributed by atoms with E-state index >= 15 is 0 Å². The number of hydrogen-bond acceptors (Lipinski definition) is 7. The van der Waals surface area contributed by atoms with Crippen LogP contribution in [0.3, 0.4) is 0 Å². The quantitative estimate of drug-likeness (QED) is 0.721. The minimum Gasteiger partial charge on any atom is -0.507 e. The van der Waals surface area contributed by atoms with E-state index in [1.165, 1.54) is 4.57 Å². The Hall–Kier alpha value is -2.45. The second kappa shape index (κ2) is 6.94. The number of benzene rings is 1. The maximum Gasteiger partial charge on any atom is 0.296 e. The number of phenols is 1. The summed E-state index contributed by atoms with van der Waals surface area (Å²) in [5.74, 6) is 0.734. The third-order valence-electron chi connectivity index (χ3n) is 5.45. The van der Waals surface area contributed by atoms with Crippen molar-refractivity contribution in [1.82, 2.24) is 19.7 Å². The molecule has 0 saturated carbocycles. The van der Waals surface area contributed by atoms with Crippen molar-refractivity contribution < 1.29 is 5.11 Å². The van der Waals surface area contributed by atoms with Crippen LogP contribution in [0.25, 0.3) is 21.5 Å². The third-order valence-corrected chi connectivity index (χ3v) is 6.33. The van der Waals surface area contributed by atoms with E-state index in [9.17, 15) is 9.90 Å². The summed E-state index contributed by atoms with van der Waals surface area (Å²) < 4.78 is 2.43. The SMILES string of the molecule is C[C@H]1CC[C@@H](Nc2nnc(-c3ccc4sccc4c3O)n(C)c2=O)CN1C. The lowest BCUT2D eigenvalue weighted by molar-refractivity contribution is 0.188. The minimum absolute atomic E-state index is 0.127. The summed E-state index contributed by atoms with van der Waals surface area (Å²) >= 11 is 1.56. The average Bonchev–Trinajstić information content (AvgIpc) is 3.13. The molecule has 0 spiro atoms. The minimum atomic E-state index is -0.244. The van der Waals surface area contributed by atoms with Crippen LogP contribution in [-0.2, 0) is 7.05 Å². The third kappa shape index (κ3) is 3.19. The lowest BCUT2D eigenvalue weighted by atomic mass is 10.0. The number of hydrogen-bond donors (Lipinski definition) is 2. The van der Waals surface area contributed by atoms with Crippen molar-refractivity contribution in [3.8, 4) is 17.1 Å². The second-order valence-corrected chi connectivity index (χ2v) is 8.19. The van der Waals surface area contributed by atoms with E-state index in [0.717, 1.165) is 29.5 Å². The van der Waals surface area contributed by atoms with Gasteiger partial charge in [0.2, 0.25) is 5.82 Å². The number of aromatic nitrogens is 3. The van der Waals surface area contributed by atoms with E-state index in [2.05, 4.69) is 34.4 Å². The number of nitrogens with zero attached hydrogens (tertiary/aromatic N) is 4. The van der Waals surface area contributed by atoms with E-state index in [1.54, 1.807) is 24.5 Å². The van der Waals surface area contributed by atoms with Crippen molar-refractivity contribution in [2.75, 3.05) is 18.9 Å². The van der Waals surface area contributed by atoms with Gasteiger partial charge in [0.25, 0.3) is 5.56 Å². The molecule has 142 valence electrons. The molecule has 3 aromatic rings. The first-order valence-electron chi connectivity index (χ1n) is 9.05. The summed E-state index contributed by atoms with van der Waals surface area (Å²) in [4.78, 5) is 15.1. The maximum atomic E-state index is 12.8. The van der Waals surface area contributed by atoms with Crippen LogP contribution in [0, 0.1) is 0 Å². The van der Waals surface area contributed by atoms with Gasteiger partial charge in [-0.15, -0.1) is 21.5 Å². The lowest BCUT2D eigenvalue weighted by Crippen LogP contribution is -2.45. The number of likely N-dealkylation sites (N-methyl/N-ethyl adjacent to an activating group) is 1. The molecule has 8 heteroatoms. The molecular weight excluding hydrogens is 362 g/mol. The molecule has 1 fully saturated rings. The highest BCUT2D eigenvalue weighted by molar-refractivity contribution is 7.17. The van der Waals surface area contributed by atoms with Crippen LogP contribution in [0.4, 0.5) is 5.82 Å². The van der Waals surface area contributed by atoms with Gasteiger partial charge in [0.1, 0.15) is 5.75 Å². The van der Waals surface area contributed by atoms with Gasteiger partial charge in [-0.1, -0.05) is 0 Å². The number of nitrogens with one attached hydrogen (secondary N) is 1. The standard InChI is InChI=1S/C19H23N5O2S/c1-11-4-5-12(10-23(11)2)20-17-19(26)24(3)18(22-21-17)14-6-7-15-13(16(14)25)8-9-27-15/h6-9,11-12,25H,4-5,10H2,1-3H3,(H,20,21)/t11-,12+/m0/s1. The van der Waals surface area contributed by atoms with Gasteiger partial charge in [0, 0.05) is 35.8 Å². The molecule has 1 aliphatic heterocycles. The van der Waals surface area contributed by atoms with Crippen LogP contribution < -0.4 is 10.9 Å². The summed E-state index contributed by atoms with van der Waals surface area (Å²) in [7, 11) is 3.75. The van der Waals surface area contributed by atoms with Crippen LogP contribution in [0.5, 0.6) is 5.75 Å². The van der Waals surface area contributed by atoms with Gasteiger partial charge in [-0.2, -0.15) is 0 Å². The molecular formula is C19H23N5O2S. The van der Waals surface area contributed by atoms with Crippen molar-refractivity contribution in [2.45, 2.75) is 31.8 Å². The summed E-state index contributed by atoms with van der Waals surface area (Å²) in [5, 5.41) is 24.9. The number of anilines is 1. The summed E-state index contributed by atoms with van der Waals surface area (Å²) in [6.07, 6.45) is 2.07. The van der Waals surface area contributed by atoms with E-state index < -0.39 is 0 Å². The Morgan fingerprint density at radius 3 is 2.81 bits per heavy atom. The van der Waals surface area contributed by atoms with Crippen molar-refractivity contribution in [2.24, 2.45) is 7.05 Å². The van der Waals surface area contributed by atoms with Crippen LogP contribution in [0.1, 0.15) is 19.8 Å². The van der Waals surface area contributed by atoms with Gasteiger partial charge in [0.15, 0.2) is 5.82 Å². The first-order valence-corrected chi connectivity index (χ1v) is 9.93. The van der Waals surface area contributed by atoms with Crippen molar-refractivity contribution in [1.29, 1.82) is 0 Å². The van der Waals surface area contributed by atoms with Crippen molar-refractivity contribution in [3.05, 3.63) is 33.9 Å². The first-order chi connectivity index (χ1) is 13.0. The topological polar surface area (TPSA) is 83.3 Å². The zero-order valence-corrected chi connectivity index (χ0v) is 16.5. The molecule has 1 aliphatic rings. The summed E-state index contributed by atoms with van der Waals surface area (Å²) in [5.41, 5.74) is 0.261. The highest BCUT2D eigenvalue weighted by Gasteiger charge is 2.24. The Morgan fingerprint density at radius 1 is 1.22 bits per heavy atom. The number of rotatable bonds is 3. The van der Waals surface area contributed by atoms with E-state index in [0.29, 0.717) is 17.4 Å². The molecule has 4 rings (SSSR count). The fourth-order valence-corrected chi connectivity index (χ4v) is 4.38. The Kier molecular flexibility index (Phi) is 4.61. The number of aromatic hydroxyl groups is 1. The van der Waals surface area contributed by atoms with Gasteiger partial charge >= 0.3 is 0 Å². The van der Waals surface area contributed by atoms with E-state index in [-0.39, 0.29) is 23.2 Å². The van der Waals surface area contributed by atoms with Gasteiger partial charge < -0.3 is 15.3 Å². The number of phenolic OH excluding ortho intramolecular Hbond substituents is 1. The number of thiophene rings is 1. The maximum absolute atomic E-state index is 12.8. The summed E-state index contributed by atoms with van der Waals surface area (Å²) in [6.45, 7) is 3.07. The molecule has 0 amide bonds. The molecule has 3 heterocycles. The van der Waals surface area contributed by atoms with Crippen LogP contribution >= 0.6 is 11.3 Å². The molecule has 0 bridgehead atoms. The van der Waals surface area contributed by atoms with Crippen LogP contribution in [0.15, 0.2) is 28.4 Å². The molecule has 1 saturated heterocycles. The van der Waals surface area contributed by atoms with Gasteiger partial charge in [-0.3, -0.25) is 9.36 Å². The van der Waals surface area contributed by atoms with Crippen LogP contribution in [-0.4, -0.2) is 50.4 Å². The molecule has 2 aromatic heterocycles. The fourth-order valence-electron chi connectivity index (χ4n) is 3.59. The van der Waals surface area contributed by atoms with Crippen LogP contribution in [0.2, 0.25) is 0 Å². The zero-order valence-electron chi connectivity index (χ0n) is 15.6. The molecule has 2 atom stereocenters. The molecule has 7 nitrogen and oxygen atoms in total. The number of fused-ring (bicyclic) bond motifs is 1. The van der Waals surface area contributed by atoms with Gasteiger partial charge in [-0.25, -0.2) is 0 Å². The fraction of sp³-hybridized carbons (Fsp3) is 0.421. The first kappa shape index (κ1) is 17.9. The lowest BCUT2D eigenvalue weighted by Gasteiger charge is -2.35. The number of likely N-dealkylation sites (tertiary alicyclic amines) is 1. The Morgan fingerprint density at radius 2 is 2.04 bits per heavy atom. The highest BCUT2D eigenvalue weighted by Crippen LogP contribution is 2.36. The Balaban J connectivity index is 1.66. The Labute approximate surface area is 161 Å². The predicted molar refractivity (Wildman–Crippen MR) is 108 cm³/mol. The average molecular weight is 385 g/mol. The van der Waals surface area contributed by atoms with Crippen molar-refractivity contribution in [3.63, 3.8) is 0 Å². The molecule has 0 unspecified atom stereocenters. The van der Waals surface area contributed by atoms with E-state index in [4.69, 9.17) is 0 Å². The normalized spacial score (nSPS) is 20.9. The highest BCUT2D eigenvalue weighted by atomic mass is 32.1. The van der Waals surface area contributed by atoms with Gasteiger partial charge in [0.05, 0.1) is 5.56 Å². The second-order valence-electron chi connectivity index (χ2n) is 7.24. The molecule has 2 N–H and O–H groups in total. The molecule has 27 heavy (non-hydrogen) atoms. The summed E-state index contributed by atoms with van der Waals surface area (Å²) in [6, 6.07) is 6.29. The Bertz CT molecular complexity index is 1040. The molecule has 0 aliphatic carbocycles. The van der Waals surface area contributed by atoms with E-state index in [1.807, 2.05) is 17.5 Å². The zero-order chi connectivity index (χ0) is 19.1. The molecule has 1 aromatic carbocycles. The largest absolute Gasteiger partial charge is 0.507 e. The van der Waals surface area contributed by atoms with Gasteiger partial charge in [-0.05, 0) is 50.4 Å².